The smallest absolute Gasteiger partial charge is 0.196 e. The Morgan fingerprint density at radius 1 is 0.885 bits per heavy atom. The maximum atomic E-state index is 13.0. The van der Waals surface area contributed by atoms with Gasteiger partial charge in [-0.1, -0.05) is 63.2 Å². The first kappa shape index (κ1) is 15.4. The Balaban J connectivity index is 1.82. The lowest BCUT2D eigenvalue weighted by Crippen LogP contribution is -2.14. The average Bonchev–Trinajstić information content (AvgIpc) is 3.17. The van der Waals surface area contributed by atoms with E-state index in [0.717, 1.165) is 45.1 Å². The zero-order valence-corrected chi connectivity index (χ0v) is 15.3. The van der Waals surface area contributed by atoms with Gasteiger partial charge in [0.1, 0.15) is 0 Å². The highest BCUT2D eigenvalue weighted by Crippen LogP contribution is 2.42. The van der Waals surface area contributed by atoms with E-state index in [-0.39, 0.29) is 11.2 Å². The number of hydrogen-bond donors (Lipinski definition) is 1. The van der Waals surface area contributed by atoms with E-state index >= 15 is 0 Å². The molecule has 2 nitrogen and oxygen atoms in total. The minimum Gasteiger partial charge on any atom is -0.354 e. The number of carbonyl (C=O) groups is 1. The highest BCUT2D eigenvalue weighted by molar-refractivity contribution is 6.29. The molecule has 4 aromatic rings. The van der Waals surface area contributed by atoms with Gasteiger partial charge in [-0.25, -0.2) is 0 Å². The van der Waals surface area contributed by atoms with E-state index in [1.807, 2.05) is 24.3 Å². The molecule has 3 aromatic carbocycles. The lowest BCUT2D eigenvalue weighted by molar-refractivity contribution is 0.104. The molecule has 0 amide bonds. The monoisotopic (exact) mass is 339 g/mol. The number of H-pyrrole nitrogens is 1. The minimum absolute atomic E-state index is 0.127. The van der Waals surface area contributed by atoms with Crippen LogP contribution in [0.5, 0.6) is 0 Å². The van der Waals surface area contributed by atoms with Crippen LogP contribution in [0.25, 0.3) is 32.9 Å². The van der Waals surface area contributed by atoms with Crippen molar-refractivity contribution >= 4 is 27.6 Å². The molecule has 0 saturated carbocycles. The van der Waals surface area contributed by atoms with Crippen LogP contribution in [0.1, 0.15) is 48.7 Å². The van der Waals surface area contributed by atoms with E-state index in [1.165, 1.54) is 10.9 Å². The third-order valence-electron chi connectivity index (χ3n) is 6.13. The maximum Gasteiger partial charge on any atom is 0.196 e. The summed E-state index contributed by atoms with van der Waals surface area (Å²) in [6.07, 6.45) is 1.09. The first-order valence-corrected chi connectivity index (χ1v) is 9.24. The van der Waals surface area contributed by atoms with Crippen molar-refractivity contribution in [3.8, 4) is 11.1 Å². The third kappa shape index (κ3) is 1.90. The summed E-state index contributed by atoms with van der Waals surface area (Å²) in [4.78, 5) is 16.6. The quantitative estimate of drug-likeness (QED) is 0.407. The molecule has 2 heteroatoms. The maximum absolute atomic E-state index is 13.0. The number of nitrogens with one attached hydrogen (secondary N) is 1. The first-order chi connectivity index (χ1) is 12.5. The number of hydrogen-bond acceptors (Lipinski definition) is 1. The Morgan fingerprint density at radius 2 is 1.65 bits per heavy atom. The molecule has 0 radical (unpaired) electrons. The molecule has 0 spiro atoms. The van der Waals surface area contributed by atoms with Gasteiger partial charge in [-0.05, 0) is 40.7 Å². The number of aromatic amines is 1. The van der Waals surface area contributed by atoms with Crippen LogP contribution in [0.2, 0.25) is 0 Å². The van der Waals surface area contributed by atoms with Crippen molar-refractivity contribution in [3.05, 3.63) is 71.3 Å². The number of carbonyl (C=O) groups excluding carboxylic acids is 1. The van der Waals surface area contributed by atoms with Crippen molar-refractivity contribution in [3.63, 3.8) is 0 Å². The van der Waals surface area contributed by atoms with Gasteiger partial charge in [-0.15, -0.1) is 0 Å². The van der Waals surface area contributed by atoms with E-state index in [1.54, 1.807) is 0 Å². The highest BCUT2D eigenvalue weighted by atomic mass is 16.1. The minimum atomic E-state index is 0.127. The Kier molecular flexibility index (Phi) is 3.00. The van der Waals surface area contributed by atoms with Gasteiger partial charge in [0.15, 0.2) is 5.78 Å². The Bertz CT molecular complexity index is 1210. The summed E-state index contributed by atoms with van der Waals surface area (Å²) < 4.78 is 0. The van der Waals surface area contributed by atoms with Gasteiger partial charge in [0.2, 0.25) is 0 Å². The van der Waals surface area contributed by atoms with E-state index in [9.17, 15) is 4.79 Å². The molecule has 26 heavy (non-hydrogen) atoms. The summed E-state index contributed by atoms with van der Waals surface area (Å²) in [5, 5.41) is 2.33. The Labute approximate surface area is 152 Å². The second-order valence-electron chi connectivity index (χ2n) is 7.91. The van der Waals surface area contributed by atoms with Crippen LogP contribution < -0.4 is 0 Å². The number of aromatic nitrogens is 1. The van der Waals surface area contributed by atoms with E-state index in [4.69, 9.17) is 0 Å². The van der Waals surface area contributed by atoms with Crippen LogP contribution in [-0.4, -0.2) is 10.8 Å². The largest absolute Gasteiger partial charge is 0.354 e. The van der Waals surface area contributed by atoms with Crippen LogP contribution in [0, 0.1) is 0 Å². The molecule has 0 aliphatic heterocycles. The molecule has 128 valence electrons. The molecule has 0 saturated heterocycles. The molecule has 0 fully saturated rings. The lowest BCUT2D eigenvalue weighted by atomic mass is 9.82. The molecule has 0 bridgehead atoms. The van der Waals surface area contributed by atoms with Crippen LogP contribution in [0.3, 0.4) is 0 Å². The van der Waals surface area contributed by atoms with E-state index in [2.05, 4.69) is 56.1 Å². The van der Waals surface area contributed by atoms with Crippen LogP contribution >= 0.6 is 0 Å². The predicted molar refractivity (Wildman–Crippen MR) is 108 cm³/mol. The summed E-state index contributed by atoms with van der Waals surface area (Å²) in [5.74, 6) is 0.127. The molecule has 1 aliphatic rings. The molecule has 0 unspecified atom stereocenters. The lowest BCUT2D eigenvalue weighted by Gasteiger charge is -2.23. The molecule has 1 N–H and O–H groups in total. The van der Waals surface area contributed by atoms with E-state index in [0.29, 0.717) is 0 Å². The second kappa shape index (κ2) is 5.07. The van der Waals surface area contributed by atoms with Crippen molar-refractivity contribution in [2.45, 2.75) is 32.6 Å². The van der Waals surface area contributed by atoms with Gasteiger partial charge in [-0.3, -0.25) is 4.79 Å². The van der Waals surface area contributed by atoms with Crippen LogP contribution in [0.15, 0.2) is 54.6 Å². The van der Waals surface area contributed by atoms with Crippen molar-refractivity contribution in [1.82, 2.24) is 4.98 Å². The third-order valence-corrected chi connectivity index (χ3v) is 6.13. The summed E-state index contributed by atoms with van der Waals surface area (Å²) in [6.45, 7) is 6.78. The fourth-order valence-electron chi connectivity index (χ4n) is 4.10. The van der Waals surface area contributed by atoms with Gasteiger partial charge in [-0.2, -0.15) is 0 Å². The van der Waals surface area contributed by atoms with Crippen molar-refractivity contribution in [1.29, 1.82) is 0 Å². The van der Waals surface area contributed by atoms with Gasteiger partial charge in [0, 0.05) is 21.9 Å². The fraction of sp³-hybridized carbons (Fsp3) is 0.208. The van der Waals surface area contributed by atoms with Gasteiger partial charge in [0.05, 0.1) is 11.1 Å². The normalized spacial score (nSPS) is 13.4. The van der Waals surface area contributed by atoms with Crippen molar-refractivity contribution in [2.75, 3.05) is 0 Å². The van der Waals surface area contributed by atoms with Crippen LogP contribution in [0.4, 0.5) is 0 Å². The Morgan fingerprint density at radius 3 is 2.42 bits per heavy atom. The first-order valence-electron chi connectivity index (χ1n) is 9.24. The topological polar surface area (TPSA) is 32.9 Å². The zero-order valence-electron chi connectivity index (χ0n) is 15.3. The standard InChI is InChI=1S/C24H21NO/c1-4-24(2,3)14-9-12-20-19(13-14)17-11-10-16-15-7-5-6-8-18(15)23(26)21(16)22(17)25-20/h5-13,25H,4H2,1-3H3. The highest BCUT2D eigenvalue weighted by Gasteiger charge is 2.29. The summed E-state index contributed by atoms with van der Waals surface area (Å²) in [6, 6.07) is 18.8. The zero-order chi connectivity index (χ0) is 18.1. The molecular weight excluding hydrogens is 318 g/mol. The van der Waals surface area contributed by atoms with Gasteiger partial charge >= 0.3 is 0 Å². The summed E-state index contributed by atoms with van der Waals surface area (Å²) in [5.41, 5.74) is 7.24. The molecule has 1 aromatic heterocycles. The summed E-state index contributed by atoms with van der Waals surface area (Å²) >= 11 is 0. The number of benzene rings is 3. The number of rotatable bonds is 2. The fourth-order valence-corrected chi connectivity index (χ4v) is 4.10. The van der Waals surface area contributed by atoms with Crippen LogP contribution in [-0.2, 0) is 5.41 Å². The SMILES string of the molecule is CCC(C)(C)c1ccc2[nH]c3c4c(ccc3c2c1)-c1ccccc1C4=O. The molecule has 5 rings (SSSR count). The molecule has 0 atom stereocenters. The second-order valence-corrected chi connectivity index (χ2v) is 7.91. The molecule has 1 heterocycles. The van der Waals surface area contributed by atoms with E-state index < -0.39 is 0 Å². The van der Waals surface area contributed by atoms with Gasteiger partial charge in [0.25, 0.3) is 0 Å². The van der Waals surface area contributed by atoms with Crippen molar-refractivity contribution in [2.24, 2.45) is 0 Å². The molecular formula is C24H21NO. The average molecular weight is 339 g/mol. The predicted octanol–water partition coefficient (Wildman–Crippen LogP) is 6.22. The van der Waals surface area contributed by atoms with Gasteiger partial charge < -0.3 is 4.98 Å². The Hall–Kier alpha value is -2.87. The van der Waals surface area contributed by atoms with Crippen molar-refractivity contribution < 1.29 is 4.79 Å². The molecule has 1 aliphatic carbocycles. The number of ketones is 1. The summed E-state index contributed by atoms with van der Waals surface area (Å²) in [7, 11) is 0. The number of fused-ring (bicyclic) bond motifs is 7.